The minimum absolute atomic E-state index is 0.270. The fourth-order valence-corrected chi connectivity index (χ4v) is 2.83. The topological polar surface area (TPSA) is 45.2 Å². The minimum Gasteiger partial charge on any atom is -0.507 e. The van der Waals surface area contributed by atoms with Gasteiger partial charge >= 0.3 is 0 Å². The molecule has 0 aliphatic carbocycles. The fourth-order valence-electron chi connectivity index (χ4n) is 1.57. The van der Waals surface area contributed by atoms with Crippen LogP contribution in [-0.4, -0.2) is 10.1 Å². The van der Waals surface area contributed by atoms with Crippen LogP contribution in [0.1, 0.15) is 22.4 Å². The number of nitrogens with one attached hydrogen (secondary N) is 1. The predicted octanol–water partition coefficient (Wildman–Crippen LogP) is 3.46. The third-order valence-corrected chi connectivity index (χ3v) is 4.34. The van der Waals surface area contributed by atoms with E-state index in [0.717, 1.165) is 34.6 Å². The molecule has 0 bridgehead atoms. The molecule has 5 heteroatoms. The van der Waals surface area contributed by atoms with Crippen molar-refractivity contribution < 1.29 is 5.11 Å². The molecule has 0 aliphatic heterocycles. The highest BCUT2D eigenvalue weighted by atomic mass is 79.9. The Hall–Kier alpha value is -0.910. The first-order valence-electron chi connectivity index (χ1n) is 5.80. The first-order valence-corrected chi connectivity index (χ1v) is 7.41. The second kappa shape index (κ2) is 6.31. The molecule has 18 heavy (non-hydrogen) atoms. The van der Waals surface area contributed by atoms with Gasteiger partial charge in [0.25, 0.3) is 0 Å². The molecule has 2 rings (SSSR count). The van der Waals surface area contributed by atoms with E-state index in [2.05, 4.69) is 33.2 Å². The quantitative estimate of drug-likeness (QED) is 0.884. The van der Waals surface area contributed by atoms with Crippen LogP contribution in [0, 0.1) is 0 Å². The summed E-state index contributed by atoms with van der Waals surface area (Å²) in [5, 5.41) is 13.9. The highest BCUT2D eigenvalue weighted by Crippen LogP contribution is 2.24. The lowest BCUT2D eigenvalue weighted by Gasteiger charge is -2.04. The number of halogens is 1. The van der Waals surface area contributed by atoms with Gasteiger partial charge in [-0.05, 0) is 40.0 Å². The summed E-state index contributed by atoms with van der Waals surface area (Å²) in [4.78, 5) is 5.68. The van der Waals surface area contributed by atoms with Crippen molar-refractivity contribution in [2.45, 2.75) is 26.4 Å². The highest BCUT2D eigenvalue weighted by molar-refractivity contribution is 9.10. The van der Waals surface area contributed by atoms with Crippen molar-refractivity contribution in [1.82, 2.24) is 10.3 Å². The van der Waals surface area contributed by atoms with Crippen LogP contribution in [0.25, 0.3) is 0 Å². The van der Waals surface area contributed by atoms with Crippen LogP contribution >= 0.6 is 27.3 Å². The largest absolute Gasteiger partial charge is 0.507 e. The molecule has 96 valence electrons. The Morgan fingerprint density at radius 3 is 2.89 bits per heavy atom. The molecule has 0 fully saturated rings. The Morgan fingerprint density at radius 1 is 1.39 bits per heavy atom. The Kier molecular flexibility index (Phi) is 4.74. The third-order valence-electron chi connectivity index (χ3n) is 2.57. The van der Waals surface area contributed by atoms with Crippen molar-refractivity contribution >= 4 is 27.3 Å². The van der Waals surface area contributed by atoms with Gasteiger partial charge in [0.1, 0.15) is 10.8 Å². The average molecular weight is 327 g/mol. The maximum absolute atomic E-state index is 9.40. The van der Waals surface area contributed by atoms with E-state index in [1.807, 2.05) is 18.3 Å². The van der Waals surface area contributed by atoms with Crippen LogP contribution in [0.4, 0.5) is 0 Å². The zero-order valence-corrected chi connectivity index (χ0v) is 12.5. The summed E-state index contributed by atoms with van der Waals surface area (Å²) >= 11 is 5.06. The number of hydrogen-bond acceptors (Lipinski definition) is 4. The van der Waals surface area contributed by atoms with Gasteiger partial charge in [0.15, 0.2) is 0 Å². The number of phenolic OH excluding ortho intramolecular Hbond substituents is 1. The maximum atomic E-state index is 9.40. The van der Waals surface area contributed by atoms with Crippen LogP contribution in [-0.2, 0) is 19.5 Å². The number of aromatic hydroxyl groups is 1. The summed E-state index contributed by atoms with van der Waals surface area (Å²) in [6.07, 6.45) is 2.99. The van der Waals surface area contributed by atoms with Crippen molar-refractivity contribution in [3.05, 3.63) is 44.3 Å². The van der Waals surface area contributed by atoms with Crippen molar-refractivity contribution in [3.63, 3.8) is 0 Å². The molecule has 1 aromatic heterocycles. The number of aromatic nitrogens is 1. The molecule has 2 N–H and O–H groups in total. The molecule has 0 atom stereocenters. The number of rotatable bonds is 5. The lowest BCUT2D eigenvalue weighted by atomic mass is 10.2. The Labute approximate surface area is 119 Å². The predicted molar refractivity (Wildman–Crippen MR) is 77.8 cm³/mol. The highest BCUT2D eigenvalue weighted by Gasteiger charge is 2.02. The second-order valence-electron chi connectivity index (χ2n) is 3.96. The molecular formula is C13H15BrN2OS. The Morgan fingerprint density at radius 2 is 2.22 bits per heavy atom. The SMILES string of the molecule is CCc1cnc(CNCc2ccc(O)c(Br)c2)s1. The molecule has 0 radical (unpaired) electrons. The molecule has 0 aliphatic rings. The van der Waals surface area contributed by atoms with Crippen LogP contribution in [0.5, 0.6) is 5.75 Å². The first-order chi connectivity index (χ1) is 8.69. The Bertz CT molecular complexity index is 527. The van der Waals surface area contributed by atoms with E-state index in [1.165, 1.54) is 4.88 Å². The molecule has 0 spiro atoms. The molecule has 0 saturated carbocycles. The number of thiazole rings is 1. The summed E-state index contributed by atoms with van der Waals surface area (Å²) in [6, 6.07) is 5.52. The third kappa shape index (κ3) is 3.54. The molecular weight excluding hydrogens is 312 g/mol. The van der Waals surface area contributed by atoms with Crippen molar-refractivity contribution in [2.24, 2.45) is 0 Å². The van der Waals surface area contributed by atoms with Gasteiger partial charge in [0, 0.05) is 24.2 Å². The van der Waals surface area contributed by atoms with E-state index in [9.17, 15) is 5.11 Å². The normalized spacial score (nSPS) is 10.8. The zero-order valence-electron chi connectivity index (χ0n) is 10.1. The summed E-state index contributed by atoms with van der Waals surface area (Å²) in [6.45, 7) is 3.68. The van der Waals surface area contributed by atoms with Gasteiger partial charge in [-0.15, -0.1) is 11.3 Å². The first kappa shape index (κ1) is 13.5. The molecule has 0 amide bonds. The van der Waals surface area contributed by atoms with Gasteiger partial charge in [0.05, 0.1) is 4.47 Å². The smallest absolute Gasteiger partial charge is 0.129 e. The van der Waals surface area contributed by atoms with Crippen molar-refractivity contribution in [2.75, 3.05) is 0 Å². The summed E-state index contributed by atoms with van der Waals surface area (Å²) in [7, 11) is 0. The number of benzene rings is 1. The van der Waals surface area contributed by atoms with Gasteiger partial charge in [-0.1, -0.05) is 13.0 Å². The van der Waals surface area contributed by atoms with E-state index in [1.54, 1.807) is 17.4 Å². The van der Waals surface area contributed by atoms with Crippen LogP contribution < -0.4 is 5.32 Å². The van der Waals surface area contributed by atoms with Gasteiger partial charge in [0.2, 0.25) is 0 Å². The van der Waals surface area contributed by atoms with Gasteiger partial charge in [-0.3, -0.25) is 0 Å². The summed E-state index contributed by atoms with van der Waals surface area (Å²) in [5.41, 5.74) is 1.13. The van der Waals surface area contributed by atoms with E-state index < -0.39 is 0 Å². The molecule has 2 aromatic rings. The number of nitrogens with zero attached hydrogens (tertiary/aromatic N) is 1. The molecule has 0 saturated heterocycles. The van der Waals surface area contributed by atoms with E-state index in [0.29, 0.717) is 0 Å². The second-order valence-corrected chi connectivity index (χ2v) is 6.02. The number of hydrogen-bond donors (Lipinski definition) is 2. The summed E-state index contributed by atoms with van der Waals surface area (Å²) < 4.78 is 0.726. The monoisotopic (exact) mass is 326 g/mol. The lowest BCUT2D eigenvalue weighted by Crippen LogP contribution is -2.12. The van der Waals surface area contributed by atoms with Crippen molar-refractivity contribution in [1.29, 1.82) is 0 Å². The van der Waals surface area contributed by atoms with E-state index >= 15 is 0 Å². The summed E-state index contributed by atoms with van der Waals surface area (Å²) in [5.74, 6) is 0.270. The minimum atomic E-state index is 0.270. The number of phenols is 1. The van der Waals surface area contributed by atoms with Gasteiger partial charge < -0.3 is 10.4 Å². The maximum Gasteiger partial charge on any atom is 0.129 e. The van der Waals surface area contributed by atoms with E-state index in [-0.39, 0.29) is 5.75 Å². The lowest BCUT2D eigenvalue weighted by molar-refractivity contribution is 0.471. The van der Waals surface area contributed by atoms with Crippen LogP contribution in [0.3, 0.4) is 0 Å². The van der Waals surface area contributed by atoms with Crippen LogP contribution in [0.15, 0.2) is 28.9 Å². The Balaban J connectivity index is 1.86. The fraction of sp³-hybridized carbons (Fsp3) is 0.308. The van der Waals surface area contributed by atoms with E-state index in [4.69, 9.17) is 0 Å². The van der Waals surface area contributed by atoms with Crippen molar-refractivity contribution in [3.8, 4) is 5.75 Å². The van der Waals surface area contributed by atoms with Gasteiger partial charge in [-0.2, -0.15) is 0 Å². The standard InChI is InChI=1S/C13H15BrN2OS/c1-2-10-7-16-13(18-10)8-15-6-9-3-4-12(17)11(14)5-9/h3-5,7,15,17H,2,6,8H2,1H3. The molecule has 3 nitrogen and oxygen atoms in total. The molecule has 0 unspecified atom stereocenters. The molecule has 1 aromatic carbocycles. The van der Waals surface area contributed by atoms with Gasteiger partial charge in [-0.25, -0.2) is 4.98 Å². The number of aryl methyl sites for hydroxylation is 1. The average Bonchev–Trinajstić information content (AvgIpc) is 2.82. The molecule has 1 heterocycles. The zero-order chi connectivity index (χ0) is 13.0. The van der Waals surface area contributed by atoms with Crippen LogP contribution in [0.2, 0.25) is 0 Å².